The Labute approximate surface area is 117 Å². The molecule has 2 atom stereocenters. The maximum absolute atomic E-state index is 11.8. The lowest BCUT2D eigenvalue weighted by atomic mass is 10.1. The molecule has 0 bridgehead atoms. The van der Waals surface area contributed by atoms with Crippen LogP contribution in [0.2, 0.25) is 0 Å². The standard InChI is InChI=1S/C15H30N2O2/c1-5-13(4)16-15(18)11-17-8-6-14(10-17)7-9-19-12(2)3/h12-14H,5-11H2,1-4H3,(H,16,18). The van der Waals surface area contributed by atoms with Crippen LogP contribution in [0.15, 0.2) is 0 Å². The molecule has 0 aromatic carbocycles. The van der Waals surface area contributed by atoms with Gasteiger partial charge in [-0.1, -0.05) is 6.92 Å². The Morgan fingerprint density at radius 2 is 2.16 bits per heavy atom. The van der Waals surface area contributed by atoms with Crippen molar-refractivity contribution in [3.8, 4) is 0 Å². The summed E-state index contributed by atoms with van der Waals surface area (Å²) in [6.07, 6.45) is 3.61. The topological polar surface area (TPSA) is 41.6 Å². The van der Waals surface area contributed by atoms with Gasteiger partial charge in [0.25, 0.3) is 0 Å². The van der Waals surface area contributed by atoms with Gasteiger partial charge in [0.15, 0.2) is 0 Å². The van der Waals surface area contributed by atoms with Crippen molar-refractivity contribution in [3.05, 3.63) is 0 Å². The summed E-state index contributed by atoms with van der Waals surface area (Å²) in [5.41, 5.74) is 0. The second kappa shape index (κ2) is 8.54. The highest BCUT2D eigenvalue weighted by atomic mass is 16.5. The molecular weight excluding hydrogens is 240 g/mol. The van der Waals surface area contributed by atoms with E-state index >= 15 is 0 Å². The fraction of sp³-hybridized carbons (Fsp3) is 0.933. The number of carbonyl (C=O) groups excluding carboxylic acids is 1. The van der Waals surface area contributed by atoms with Gasteiger partial charge in [0.1, 0.15) is 0 Å². The number of nitrogens with one attached hydrogen (secondary N) is 1. The molecule has 4 heteroatoms. The fourth-order valence-corrected chi connectivity index (χ4v) is 2.39. The van der Waals surface area contributed by atoms with Crippen LogP contribution in [-0.4, -0.2) is 49.2 Å². The van der Waals surface area contributed by atoms with Crippen molar-refractivity contribution >= 4 is 5.91 Å². The third-order valence-corrected chi connectivity index (χ3v) is 3.73. The molecule has 4 nitrogen and oxygen atoms in total. The number of nitrogens with zero attached hydrogens (tertiary/aromatic N) is 1. The van der Waals surface area contributed by atoms with Crippen LogP contribution < -0.4 is 5.32 Å². The van der Waals surface area contributed by atoms with Crippen LogP contribution in [0, 0.1) is 5.92 Å². The van der Waals surface area contributed by atoms with Gasteiger partial charge < -0.3 is 10.1 Å². The Bertz CT molecular complexity index is 269. The number of hydrogen-bond acceptors (Lipinski definition) is 3. The van der Waals surface area contributed by atoms with E-state index in [1.54, 1.807) is 0 Å². The minimum absolute atomic E-state index is 0.161. The molecule has 1 fully saturated rings. The van der Waals surface area contributed by atoms with E-state index < -0.39 is 0 Å². The van der Waals surface area contributed by atoms with Crippen LogP contribution in [0.4, 0.5) is 0 Å². The zero-order chi connectivity index (χ0) is 14.3. The van der Waals surface area contributed by atoms with E-state index in [-0.39, 0.29) is 11.9 Å². The Hall–Kier alpha value is -0.610. The lowest BCUT2D eigenvalue weighted by molar-refractivity contribution is -0.122. The molecule has 1 aliphatic rings. The SMILES string of the molecule is CCC(C)NC(=O)CN1CCC(CCOC(C)C)C1. The quantitative estimate of drug-likeness (QED) is 0.734. The third kappa shape index (κ3) is 6.92. The van der Waals surface area contributed by atoms with Crippen LogP contribution in [-0.2, 0) is 9.53 Å². The van der Waals surface area contributed by atoms with Crippen molar-refractivity contribution in [1.29, 1.82) is 0 Å². The minimum Gasteiger partial charge on any atom is -0.379 e. The monoisotopic (exact) mass is 270 g/mol. The second-order valence-corrected chi connectivity index (χ2v) is 5.97. The molecule has 0 aliphatic carbocycles. The average Bonchev–Trinajstić information content (AvgIpc) is 2.75. The Kier molecular flexibility index (Phi) is 7.39. The highest BCUT2D eigenvalue weighted by Gasteiger charge is 2.24. The molecule has 112 valence electrons. The Balaban J connectivity index is 2.15. The first-order chi connectivity index (χ1) is 9.01. The summed E-state index contributed by atoms with van der Waals surface area (Å²) < 4.78 is 5.59. The summed E-state index contributed by atoms with van der Waals surface area (Å²) in [6, 6.07) is 0.283. The van der Waals surface area contributed by atoms with Crippen molar-refractivity contribution in [2.24, 2.45) is 5.92 Å². The molecule has 1 N–H and O–H groups in total. The number of ether oxygens (including phenoxy) is 1. The first-order valence-corrected chi connectivity index (χ1v) is 7.64. The van der Waals surface area contributed by atoms with Crippen molar-refractivity contribution in [1.82, 2.24) is 10.2 Å². The van der Waals surface area contributed by atoms with Crippen molar-refractivity contribution in [3.63, 3.8) is 0 Å². The summed E-state index contributed by atoms with van der Waals surface area (Å²) >= 11 is 0. The smallest absolute Gasteiger partial charge is 0.234 e. The van der Waals surface area contributed by atoms with Gasteiger partial charge in [0.2, 0.25) is 5.91 Å². The maximum atomic E-state index is 11.8. The van der Waals surface area contributed by atoms with E-state index in [0.29, 0.717) is 18.6 Å². The van der Waals surface area contributed by atoms with E-state index in [0.717, 1.165) is 32.5 Å². The number of carbonyl (C=O) groups is 1. The van der Waals surface area contributed by atoms with Gasteiger partial charge in [-0.3, -0.25) is 9.69 Å². The molecule has 19 heavy (non-hydrogen) atoms. The van der Waals surface area contributed by atoms with Crippen LogP contribution >= 0.6 is 0 Å². The van der Waals surface area contributed by atoms with Crippen LogP contribution in [0.3, 0.4) is 0 Å². The van der Waals surface area contributed by atoms with Gasteiger partial charge in [0.05, 0.1) is 12.6 Å². The number of hydrogen-bond donors (Lipinski definition) is 1. The first-order valence-electron chi connectivity index (χ1n) is 7.64. The molecule has 0 aromatic heterocycles. The Morgan fingerprint density at radius 1 is 1.42 bits per heavy atom. The molecule has 1 aliphatic heterocycles. The van der Waals surface area contributed by atoms with E-state index in [4.69, 9.17) is 4.74 Å². The number of rotatable bonds is 8. The van der Waals surface area contributed by atoms with E-state index in [2.05, 4.69) is 31.0 Å². The maximum Gasteiger partial charge on any atom is 0.234 e. The molecule has 0 saturated carbocycles. The summed E-state index contributed by atoms with van der Waals surface area (Å²) in [5, 5.41) is 3.02. The van der Waals surface area contributed by atoms with Gasteiger partial charge in [-0.05, 0) is 52.5 Å². The average molecular weight is 270 g/mol. The van der Waals surface area contributed by atoms with Crippen LogP contribution in [0.1, 0.15) is 47.0 Å². The predicted molar refractivity (Wildman–Crippen MR) is 78.1 cm³/mol. The molecule has 1 saturated heterocycles. The highest BCUT2D eigenvalue weighted by Crippen LogP contribution is 2.19. The summed E-state index contributed by atoms with van der Waals surface area (Å²) in [5.74, 6) is 0.851. The minimum atomic E-state index is 0.161. The molecule has 0 aromatic rings. The predicted octanol–water partition coefficient (Wildman–Crippen LogP) is 2.04. The largest absolute Gasteiger partial charge is 0.379 e. The molecule has 1 amide bonds. The van der Waals surface area contributed by atoms with Gasteiger partial charge in [0, 0.05) is 19.2 Å². The van der Waals surface area contributed by atoms with Gasteiger partial charge in [-0.2, -0.15) is 0 Å². The number of likely N-dealkylation sites (tertiary alicyclic amines) is 1. The molecule has 0 spiro atoms. The molecular formula is C15H30N2O2. The van der Waals surface area contributed by atoms with E-state index in [9.17, 15) is 4.79 Å². The second-order valence-electron chi connectivity index (χ2n) is 5.97. The molecule has 1 heterocycles. The van der Waals surface area contributed by atoms with Gasteiger partial charge in [-0.25, -0.2) is 0 Å². The summed E-state index contributed by atoms with van der Waals surface area (Å²) in [6.45, 7) is 11.7. The van der Waals surface area contributed by atoms with Crippen molar-refractivity contribution < 1.29 is 9.53 Å². The molecule has 1 rings (SSSR count). The van der Waals surface area contributed by atoms with E-state index in [1.165, 1.54) is 6.42 Å². The van der Waals surface area contributed by atoms with Crippen molar-refractivity contribution in [2.75, 3.05) is 26.2 Å². The lowest BCUT2D eigenvalue weighted by Gasteiger charge is -2.18. The third-order valence-electron chi connectivity index (χ3n) is 3.73. The first kappa shape index (κ1) is 16.4. The fourth-order valence-electron chi connectivity index (χ4n) is 2.39. The summed E-state index contributed by atoms with van der Waals surface area (Å²) in [4.78, 5) is 14.1. The zero-order valence-electron chi connectivity index (χ0n) is 12.9. The van der Waals surface area contributed by atoms with Crippen molar-refractivity contribution in [2.45, 2.75) is 59.1 Å². The highest BCUT2D eigenvalue weighted by molar-refractivity contribution is 5.78. The zero-order valence-corrected chi connectivity index (χ0v) is 12.9. The van der Waals surface area contributed by atoms with Gasteiger partial charge in [-0.15, -0.1) is 0 Å². The van der Waals surface area contributed by atoms with Gasteiger partial charge >= 0.3 is 0 Å². The van der Waals surface area contributed by atoms with E-state index in [1.807, 2.05) is 6.92 Å². The lowest BCUT2D eigenvalue weighted by Crippen LogP contribution is -2.40. The molecule has 2 unspecified atom stereocenters. The normalized spacial score (nSPS) is 21.8. The van der Waals surface area contributed by atoms with Crippen LogP contribution in [0.25, 0.3) is 0 Å². The Morgan fingerprint density at radius 3 is 2.79 bits per heavy atom. The summed E-state index contributed by atoms with van der Waals surface area (Å²) in [7, 11) is 0. The molecule has 0 radical (unpaired) electrons. The van der Waals surface area contributed by atoms with Crippen LogP contribution in [0.5, 0.6) is 0 Å². The number of amides is 1.